The van der Waals surface area contributed by atoms with E-state index in [2.05, 4.69) is 10.0 Å². The highest BCUT2D eigenvalue weighted by molar-refractivity contribution is 7.91. The molecular weight excluding hydrogens is 334 g/mol. The molecule has 0 radical (unpaired) electrons. The van der Waals surface area contributed by atoms with Crippen LogP contribution in [0.25, 0.3) is 0 Å². The first kappa shape index (κ1) is 18.4. The molecule has 120 valence electrons. The van der Waals surface area contributed by atoms with Crippen molar-refractivity contribution in [2.24, 2.45) is 5.73 Å². The molecule has 9 heteroatoms. The number of hydrogen-bond donors (Lipinski definition) is 3. The van der Waals surface area contributed by atoms with E-state index in [1.165, 1.54) is 12.1 Å². The molecule has 0 saturated carbocycles. The van der Waals surface area contributed by atoms with Gasteiger partial charge in [-0.25, -0.2) is 13.1 Å². The summed E-state index contributed by atoms with van der Waals surface area (Å²) in [5.74, 6) is -0.289. The van der Waals surface area contributed by atoms with Crippen molar-refractivity contribution in [3.63, 3.8) is 0 Å². The second-order valence-electron chi connectivity index (χ2n) is 4.88. The van der Waals surface area contributed by atoms with Gasteiger partial charge in [0.1, 0.15) is 4.21 Å². The summed E-state index contributed by atoms with van der Waals surface area (Å²) >= 11 is 6.68. The highest BCUT2D eigenvalue weighted by Crippen LogP contribution is 2.25. The zero-order valence-corrected chi connectivity index (χ0v) is 14.4. The maximum absolute atomic E-state index is 11.9. The Labute approximate surface area is 134 Å². The molecule has 0 bridgehead atoms. The zero-order valence-electron chi connectivity index (χ0n) is 12.0. The Morgan fingerprint density at radius 1 is 1.43 bits per heavy atom. The minimum Gasteiger partial charge on any atom is -0.353 e. The topological polar surface area (TPSA) is 101 Å². The molecule has 6 nitrogen and oxygen atoms in total. The Morgan fingerprint density at radius 3 is 2.62 bits per heavy atom. The van der Waals surface area contributed by atoms with Crippen molar-refractivity contribution in [3.8, 4) is 0 Å². The summed E-state index contributed by atoms with van der Waals surface area (Å²) in [7, 11) is -3.58. The smallest absolute Gasteiger partial charge is 0.250 e. The largest absolute Gasteiger partial charge is 0.353 e. The quantitative estimate of drug-likeness (QED) is 0.613. The minimum absolute atomic E-state index is 0.0891. The predicted octanol–water partition coefficient (Wildman–Crippen LogP) is 1.31. The van der Waals surface area contributed by atoms with Crippen LogP contribution in [0.3, 0.4) is 0 Å². The van der Waals surface area contributed by atoms with Crippen molar-refractivity contribution in [1.29, 1.82) is 0 Å². The van der Waals surface area contributed by atoms with Crippen LogP contribution in [0.15, 0.2) is 16.3 Å². The van der Waals surface area contributed by atoms with Crippen LogP contribution in [0.4, 0.5) is 0 Å². The average molecular weight is 354 g/mol. The molecule has 1 atom stereocenters. The Morgan fingerprint density at radius 2 is 2.10 bits per heavy atom. The Hall–Kier alpha value is -0.670. The Balaban J connectivity index is 2.42. The fourth-order valence-electron chi connectivity index (χ4n) is 1.71. The van der Waals surface area contributed by atoms with Gasteiger partial charge in [0.2, 0.25) is 15.9 Å². The van der Waals surface area contributed by atoms with E-state index >= 15 is 0 Å². The SMILES string of the molecule is CCCC(C)(N)C(=O)NCCNS(=O)(=O)c1ccc(Cl)s1. The summed E-state index contributed by atoms with van der Waals surface area (Å²) < 4.78 is 26.7. The first-order valence-corrected chi connectivity index (χ1v) is 9.19. The van der Waals surface area contributed by atoms with Gasteiger partial charge < -0.3 is 11.1 Å². The van der Waals surface area contributed by atoms with E-state index in [4.69, 9.17) is 17.3 Å². The predicted molar refractivity (Wildman–Crippen MR) is 85.0 cm³/mol. The number of rotatable bonds is 8. The lowest BCUT2D eigenvalue weighted by atomic mass is 9.97. The van der Waals surface area contributed by atoms with Crippen LogP contribution in [0, 0.1) is 0 Å². The second-order valence-corrected chi connectivity index (χ2v) is 8.59. The molecule has 21 heavy (non-hydrogen) atoms. The van der Waals surface area contributed by atoms with Gasteiger partial charge in [-0.1, -0.05) is 24.9 Å². The fourth-order valence-corrected chi connectivity index (χ4v) is 4.27. The van der Waals surface area contributed by atoms with E-state index in [0.717, 1.165) is 17.8 Å². The van der Waals surface area contributed by atoms with E-state index in [-0.39, 0.29) is 23.2 Å². The van der Waals surface area contributed by atoms with Crippen molar-refractivity contribution in [2.75, 3.05) is 13.1 Å². The summed E-state index contributed by atoms with van der Waals surface area (Å²) in [6.45, 7) is 3.86. The molecule has 0 aliphatic rings. The number of carbonyl (C=O) groups excluding carboxylic acids is 1. The van der Waals surface area contributed by atoms with Gasteiger partial charge in [0.05, 0.1) is 9.88 Å². The van der Waals surface area contributed by atoms with Crippen molar-refractivity contribution in [1.82, 2.24) is 10.0 Å². The maximum Gasteiger partial charge on any atom is 0.250 e. The number of carbonyl (C=O) groups is 1. The van der Waals surface area contributed by atoms with Crippen LogP contribution < -0.4 is 15.8 Å². The molecular formula is C12H20ClN3O3S2. The van der Waals surface area contributed by atoms with Crippen LogP contribution in [0.1, 0.15) is 26.7 Å². The molecule has 0 aromatic carbocycles. The molecule has 1 heterocycles. The Kier molecular flexibility index (Phi) is 6.61. The van der Waals surface area contributed by atoms with Gasteiger partial charge in [-0.15, -0.1) is 11.3 Å². The normalized spacial score (nSPS) is 14.7. The maximum atomic E-state index is 11.9. The second kappa shape index (κ2) is 7.55. The molecule has 1 unspecified atom stereocenters. The monoisotopic (exact) mass is 353 g/mol. The van der Waals surface area contributed by atoms with Gasteiger partial charge in [0.25, 0.3) is 0 Å². The van der Waals surface area contributed by atoms with E-state index < -0.39 is 15.6 Å². The lowest BCUT2D eigenvalue weighted by Crippen LogP contribution is -2.52. The molecule has 0 aliphatic heterocycles. The van der Waals surface area contributed by atoms with Crippen molar-refractivity contribution in [3.05, 3.63) is 16.5 Å². The minimum atomic E-state index is -3.58. The summed E-state index contributed by atoms with van der Waals surface area (Å²) in [6, 6.07) is 2.96. The van der Waals surface area contributed by atoms with E-state index in [0.29, 0.717) is 10.8 Å². The molecule has 0 spiro atoms. The standard InChI is InChI=1S/C12H20ClN3O3S2/c1-3-6-12(2,14)11(17)15-7-8-16-21(18,19)10-5-4-9(13)20-10/h4-5,16H,3,6-8,14H2,1-2H3,(H,15,17). The van der Waals surface area contributed by atoms with Gasteiger partial charge in [-0.2, -0.15) is 0 Å². The molecule has 1 rings (SSSR count). The molecule has 1 aromatic heterocycles. The number of nitrogens with one attached hydrogen (secondary N) is 2. The molecule has 0 fully saturated rings. The molecule has 1 aromatic rings. The Bertz CT molecular complexity index is 584. The number of hydrogen-bond acceptors (Lipinski definition) is 5. The number of sulfonamides is 1. The van der Waals surface area contributed by atoms with Crippen molar-refractivity contribution < 1.29 is 13.2 Å². The number of amides is 1. The number of nitrogens with two attached hydrogens (primary N) is 1. The average Bonchev–Trinajstić information content (AvgIpc) is 2.82. The van der Waals surface area contributed by atoms with Gasteiger partial charge in [-0.3, -0.25) is 4.79 Å². The van der Waals surface area contributed by atoms with Crippen molar-refractivity contribution >= 4 is 38.9 Å². The first-order chi connectivity index (χ1) is 9.69. The summed E-state index contributed by atoms with van der Waals surface area (Å²) in [5, 5.41) is 2.62. The third kappa shape index (κ3) is 5.55. The van der Waals surface area contributed by atoms with Crippen LogP contribution in [-0.4, -0.2) is 33.0 Å². The molecule has 0 saturated heterocycles. The summed E-state index contributed by atoms with van der Waals surface area (Å²) in [5.41, 5.74) is 4.93. The summed E-state index contributed by atoms with van der Waals surface area (Å²) in [6.07, 6.45) is 1.37. The molecule has 0 aliphatic carbocycles. The molecule has 1 amide bonds. The third-order valence-electron chi connectivity index (χ3n) is 2.80. The van der Waals surface area contributed by atoms with E-state index in [1.807, 2.05) is 6.92 Å². The highest BCUT2D eigenvalue weighted by Gasteiger charge is 2.26. The highest BCUT2D eigenvalue weighted by atomic mass is 35.5. The lowest BCUT2D eigenvalue weighted by Gasteiger charge is -2.22. The summed E-state index contributed by atoms with van der Waals surface area (Å²) in [4.78, 5) is 11.8. The molecule has 4 N–H and O–H groups in total. The van der Waals surface area contributed by atoms with Gasteiger partial charge >= 0.3 is 0 Å². The fraction of sp³-hybridized carbons (Fsp3) is 0.583. The lowest BCUT2D eigenvalue weighted by molar-refractivity contribution is -0.126. The van der Waals surface area contributed by atoms with Crippen LogP contribution in [-0.2, 0) is 14.8 Å². The van der Waals surface area contributed by atoms with Crippen LogP contribution in [0.5, 0.6) is 0 Å². The van der Waals surface area contributed by atoms with Crippen LogP contribution >= 0.6 is 22.9 Å². The number of thiophene rings is 1. The van der Waals surface area contributed by atoms with E-state index in [1.54, 1.807) is 6.92 Å². The third-order valence-corrected chi connectivity index (χ3v) is 5.99. The van der Waals surface area contributed by atoms with Crippen molar-refractivity contribution in [2.45, 2.75) is 36.4 Å². The van der Waals surface area contributed by atoms with Gasteiger partial charge in [0.15, 0.2) is 0 Å². The first-order valence-electron chi connectivity index (χ1n) is 6.51. The zero-order chi connectivity index (χ0) is 16.1. The van der Waals surface area contributed by atoms with Gasteiger partial charge in [0, 0.05) is 13.1 Å². The number of halogens is 1. The van der Waals surface area contributed by atoms with Gasteiger partial charge in [-0.05, 0) is 25.5 Å². The van der Waals surface area contributed by atoms with Crippen LogP contribution in [0.2, 0.25) is 4.34 Å². The van der Waals surface area contributed by atoms with E-state index in [9.17, 15) is 13.2 Å².